The van der Waals surface area contributed by atoms with Crippen molar-refractivity contribution in [1.29, 1.82) is 0 Å². The number of likely N-dealkylation sites (N-methyl/N-ethyl adjacent to an activating group) is 1. The number of carboxylic acids is 1. The Hall–Kier alpha value is -3.00. The Morgan fingerprint density at radius 2 is 1.89 bits per heavy atom. The maximum Gasteiger partial charge on any atom is 0.336 e. The van der Waals surface area contributed by atoms with Gasteiger partial charge >= 0.3 is 5.97 Å². The van der Waals surface area contributed by atoms with Gasteiger partial charge in [-0.05, 0) is 24.3 Å². The van der Waals surface area contributed by atoms with Crippen LogP contribution in [0.3, 0.4) is 0 Å². The maximum atomic E-state index is 12.2. The fourth-order valence-electron chi connectivity index (χ4n) is 2.22. The van der Waals surface area contributed by atoms with Gasteiger partial charge in [0.1, 0.15) is 5.75 Å². The molecule has 2 aromatic rings. The number of benzene rings is 2. The molecule has 0 spiro atoms. The fraction of sp³-hybridized carbons (Fsp3) is 0.211. The fourth-order valence-corrected chi connectivity index (χ4v) is 3.21. The lowest BCUT2D eigenvalue weighted by molar-refractivity contribution is -0.131. The Kier molecular flexibility index (Phi) is 7.25. The van der Waals surface area contributed by atoms with Crippen LogP contribution in [-0.2, 0) is 9.59 Å². The van der Waals surface area contributed by atoms with Gasteiger partial charge < -0.3 is 20.1 Å². The summed E-state index contributed by atoms with van der Waals surface area (Å²) in [5, 5.41) is 11.9. The largest absolute Gasteiger partial charge is 0.497 e. The smallest absolute Gasteiger partial charge is 0.336 e. The van der Waals surface area contributed by atoms with E-state index in [1.165, 1.54) is 25.1 Å². The topological polar surface area (TPSA) is 95.9 Å². The third-order valence-electron chi connectivity index (χ3n) is 3.63. The van der Waals surface area contributed by atoms with Gasteiger partial charge in [-0.15, -0.1) is 11.8 Å². The summed E-state index contributed by atoms with van der Waals surface area (Å²) in [6.45, 7) is -0.114. The second-order valence-corrected chi connectivity index (χ2v) is 6.64. The monoisotopic (exact) mass is 388 g/mol. The molecule has 0 aliphatic carbocycles. The number of aromatic carboxylic acids is 1. The first-order valence-electron chi connectivity index (χ1n) is 8.03. The molecule has 0 bridgehead atoms. The van der Waals surface area contributed by atoms with Gasteiger partial charge in [0.25, 0.3) is 0 Å². The minimum absolute atomic E-state index is 0.0350. The predicted octanol–water partition coefficient (Wildman–Crippen LogP) is 2.58. The molecule has 27 heavy (non-hydrogen) atoms. The Morgan fingerprint density at radius 3 is 2.59 bits per heavy atom. The van der Waals surface area contributed by atoms with Crippen molar-refractivity contribution in [3.8, 4) is 5.75 Å². The number of thioether (sulfide) groups is 1. The zero-order valence-corrected chi connectivity index (χ0v) is 15.8. The van der Waals surface area contributed by atoms with Crippen molar-refractivity contribution >= 4 is 35.2 Å². The first kappa shape index (κ1) is 20.3. The van der Waals surface area contributed by atoms with E-state index < -0.39 is 5.97 Å². The van der Waals surface area contributed by atoms with Crippen molar-refractivity contribution in [1.82, 2.24) is 4.90 Å². The molecule has 0 atom stereocenters. The van der Waals surface area contributed by atoms with Crippen molar-refractivity contribution < 1.29 is 24.2 Å². The van der Waals surface area contributed by atoms with Crippen LogP contribution in [-0.4, -0.2) is 54.2 Å². The second kappa shape index (κ2) is 9.63. The molecule has 0 aliphatic heterocycles. The minimum Gasteiger partial charge on any atom is -0.497 e. The number of anilines is 1. The molecule has 0 saturated heterocycles. The lowest BCUT2D eigenvalue weighted by Gasteiger charge is -2.17. The zero-order valence-electron chi connectivity index (χ0n) is 15.0. The van der Waals surface area contributed by atoms with Crippen LogP contribution >= 0.6 is 11.8 Å². The van der Waals surface area contributed by atoms with Crippen LogP contribution in [0, 0.1) is 0 Å². The summed E-state index contributed by atoms with van der Waals surface area (Å²) in [6.07, 6.45) is 0. The number of hydrogen-bond acceptors (Lipinski definition) is 5. The average molecular weight is 388 g/mol. The number of nitrogens with zero attached hydrogens (tertiary/aromatic N) is 1. The van der Waals surface area contributed by atoms with Crippen LogP contribution in [0.5, 0.6) is 5.75 Å². The van der Waals surface area contributed by atoms with Crippen LogP contribution < -0.4 is 10.1 Å². The molecule has 2 N–H and O–H groups in total. The molecule has 0 fully saturated rings. The van der Waals surface area contributed by atoms with Gasteiger partial charge in [-0.3, -0.25) is 9.59 Å². The van der Waals surface area contributed by atoms with Crippen molar-refractivity contribution in [3.63, 3.8) is 0 Å². The van der Waals surface area contributed by atoms with Gasteiger partial charge in [0.05, 0.1) is 25.0 Å². The molecule has 0 saturated carbocycles. The highest BCUT2D eigenvalue weighted by molar-refractivity contribution is 8.00. The van der Waals surface area contributed by atoms with Crippen LogP contribution in [0.25, 0.3) is 0 Å². The highest BCUT2D eigenvalue weighted by atomic mass is 32.2. The molecule has 2 amide bonds. The SMILES string of the molecule is COc1cccc(NC(=O)CN(C)C(=O)CSc2ccccc2C(=O)O)c1. The van der Waals surface area contributed by atoms with Crippen LogP contribution in [0.15, 0.2) is 53.4 Å². The van der Waals surface area contributed by atoms with Gasteiger partial charge in [0, 0.05) is 23.7 Å². The molecule has 2 rings (SSSR count). The number of carbonyl (C=O) groups excluding carboxylic acids is 2. The van der Waals surface area contributed by atoms with Gasteiger partial charge in [0.2, 0.25) is 11.8 Å². The van der Waals surface area contributed by atoms with E-state index in [1.54, 1.807) is 42.5 Å². The highest BCUT2D eigenvalue weighted by Crippen LogP contribution is 2.23. The molecule has 8 heteroatoms. The summed E-state index contributed by atoms with van der Waals surface area (Å²) in [6, 6.07) is 13.4. The molecule has 0 aromatic heterocycles. The quantitative estimate of drug-likeness (QED) is 0.675. The van der Waals surface area contributed by atoms with Gasteiger partial charge in [-0.25, -0.2) is 4.79 Å². The van der Waals surface area contributed by atoms with E-state index in [0.717, 1.165) is 11.8 Å². The number of carboxylic acid groups (broad SMARTS) is 1. The molecular weight excluding hydrogens is 368 g/mol. The Bertz CT molecular complexity index is 840. The summed E-state index contributed by atoms with van der Waals surface area (Å²) in [5.41, 5.74) is 0.721. The first-order valence-corrected chi connectivity index (χ1v) is 9.02. The van der Waals surface area contributed by atoms with Crippen molar-refractivity contribution in [2.75, 3.05) is 31.8 Å². The van der Waals surface area contributed by atoms with Crippen LogP contribution in [0.4, 0.5) is 5.69 Å². The number of methoxy groups -OCH3 is 1. The van der Waals surface area contributed by atoms with Crippen molar-refractivity contribution in [2.24, 2.45) is 0 Å². The van der Waals surface area contributed by atoms with E-state index in [0.29, 0.717) is 16.3 Å². The molecule has 0 heterocycles. The number of hydrogen-bond donors (Lipinski definition) is 2. The number of carbonyl (C=O) groups is 3. The van der Waals surface area contributed by atoms with E-state index in [2.05, 4.69) is 5.32 Å². The lowest BCUT2D eigenvalue weighted by Crippen LogP contribution is -2.35. The molecule has 0 aliphatic rings. The standard InChI is InChI=1S/C19H20N2O5S/c1-21(11-17(22)20-13-6-5-7-14(10-13)26-2)18(23)12-27-16-9-4-3-8-15(16)19(24)25/h3-10H,11-12H2,1-2H3,(H,20,22)(H,24,25). The van der Waals surface area contributed by atoms with E-state index in [1.807, 2.05) is 0 Å². The number of amides is 2. The van der Waals surface area contributed by atoms with E-state index in [-0.39, 0.29) is 29.7 Å². The van der Waals surface area contributed by atoms with Gasteiger partial charge in [0.15, 0.2) is 0 Å². The molecule has 142 valence electrons. The lowest BCUT2D eigenvalue weighted by atomic mass is 10.2. The minimum atomic E-state index is -1.04. The highest BCUT2D eigenvalue weighted by Gasteiger charge is 2.16. The summed E-state index contributed by atoms with van der Waals surface area (Å²) < 4.78 is 5.10. The number of ether oxygens (including phenoxy) is 1. The summed E-state index contributed by atoms with van der Waals surface area (Å²) in [4.78, 5) is 37.4. The van der Waals surface area contributed by atoms with Crippen LogP contribution in [0.1, 0.15) is 10.4 Å². The van der Waals surface area contributed by atoms with Gasteiger partial charge in [-0.2, -0.15) is 0 Å². The first-order chi connectivity index (χ1) is 12.9. The maximum absolute atomic E-state index is 12.2. The van der Waals surface area contributed by atoms with E-state index in [4.69, 9.17) is 9.84 Å². The normalized spacial score (nSPS) is 10.1. The third kappa shape index (κ3) is 6.03. The Labute approximate surface area is 161 Å². The Morgan fingerprint density at radius 1 is 1.15 bits per heavy atom. The molecule has 0 radical (unpaired) electrons. The van der Waals surface area contributed by atoms with E-state index >= 15 is 0 Å². The molecule has 2 aromatic carbocycles. The average Bonchev–Trinajstić information content (AvgIpc) is 2.66. The molecular formula is C19H20N2O5S. The van der Waals surface area contributed by atoms with Crippen LogP contribution in [0.2, 0.25) is 0 Å². The van der Waals surface area contributed by atoms with Crippen molar-refractivity contribution in [2.45, 2.75) is 4.90 Å². The summed E-state index contributed by atoms with van der Waals surface area (Å²) in [5.74, 6) is -1.01. The Balaban J connectivity index is 1.88. The predicted molar refractivity (Wildman–Crippen MR) is 103 cm³/mol. The zero-order chi connectivity index (χ0) is 19.8. The second-order valence-electron chi connectivity index (χ2n) is 5.62. The molecule has 0 unspecified atom stereocenters. The van der Waals surface area contributed by atoms with Gasteiger partial charge in [-0.1, -0.05) is 18.2 Å². The van der Waals surface area contributed by atoms with Crippen molar-refractivity contribution in [3.05, 3.63) is 54.1 Å². The van der Waals surface area contributed by atoms with E-state index in [9.17, 15) is 14.4 Å². The molecule has 7 nitrogen and oxygen atoms in total. The third-order valence-corrected chi connectivity index (χ3v) is 4.69. The summed E-state index contributed by atoms with van der Waals surface area (Å²) in [7, 11) is 3.06. The summed E-state index contributed by atoms with van der Waals surface area (Å²) >= 11 is 1.13. The number of rotatable bonds is 8. The number of nitrogens with one attached hydrogen (secondary N) is 1.